The number of hydrogen-bond donors (Lipinski definition) is 2. The van der Waals surface area contributed by atoms with Crippen LogP contribution < -0.4 is 4.72 Å². The van der Waals surface area contributed by atoms with Gasteiger partial charge in [-0.25, -0.2) is 13.1 Å². The van der Waals surface area contributed by atoms with Crippen LogP contribution in [-0.4, -0.2) is 35.6 Å². The van der Waals surface area contributed by atoms with E-state index in [2.05, 4.69) is 25.3 Å². The SMILES string of the molecule is Cc1ccccc1S(=O)(=O)NCCc1nn[nH]n1. The van der Waals surface area contributed by atoms with Crippen molar-refractivity contribution in [3.05, 3.63) is 35.7 Å². The fraction of sp³-hybridized carbons (Fsp3) is 0.300. The Hall–Kier alpha value is -1.80. The third kappa shape index (κ3) is 2.90. The van der Waals surface area contributed by atoms with Crippen LogP contribution in [0.15, 0.2) is 29.2 Å². The van der Waals surface area contributed by atoms with E-state index < -0.39 is 10.0 Å². The fourth-order valence-corrected chi connectivity index (χ4v) is 2.80. The van der Waals surface area contributed by atoms with Gasteiger partial charge in [0.25, 0.3) is 0 Å². The van der Waals surface area contributed by atoms with E-state index in [0.29, 0.717) is 17.8 Å². The van der Waals surface area contributed by atoms with Gasteiger partial charge >= 0.3 is 0 Å². The predicted octanol–water partition coefficient (Wildman–Crippen LogP) is 0.0291. The van der Waals surface area contributed by atoms with Gasteiger partial charge in [-0.1, -0.05) is 23.4 Å². The van der Waals surface area contributed by atoms with Crippen molar-refractivity contribution in [2.24, 2.45) is 0 Å². The molecule has 0 saturated heterocycles. The molecule has 0 spiro atoms. The first-order valence-electron chi connectivity index (χ1n) is 5.37. The predicted molar refractivity (Wildman–Crippen MR) is 64.2 cm³/mol. The van der Waals surface area contributed by atoms with E-state index >= 15 is 0 Å². The summed E-state index contributed by atoms with van der Waals surface area (Å²) >= 11 is 0. The fourth-order valence-electron chi connectivity index (χ4n) is 1.52. The third-order valence-corrected chi connectivity index (χ3v) is 4.03. The second-order valence-electron chi connectivity index (χ2n) is 3.74. The monoisotopic (exact) mass is 267 g/mol. The molecule has 96 valence electrons. The number of nitrogens with zero attached hydrogens (tertiary/aromatic N) is 3. The molecule has 0 radical (unpaired) electrons. The number of nitrogens with one attached hydrogen (secondary N) is 2. The van der Waals surface area contributed by atoms with E-state index in [0.717, 1.165) is 0 Å². The lowest BCUT2D eigenvalue weighted by Gasteiger charge is -2.07. The maximum Gasteiger partial charge on any atom is 0.240 e. The van der Waals surface area contributed by atoms with E-state index in [9.17, 15) is 8.42 Å². The Morgan fingerprint density at radius 3 is 2.78 bits per heavy atom. The van der Waals surface area contributed by atoms with Crippen LogP contribution in [0.4, 0.5) is 0 Å². The van der Waals surface area contributed by atoms with Gasteiger partial charge in [-0.05, 0) is 18.6 Å². The summed E-state index contributed by atoms with van der Waals surface area (Å²) in [5, 5.41) is 13.2. The summed E-state index contributed by atoms with van der Waals surface area (Å²) in [6, 6.07) is 6.83. The number of sulfonamides is 1. The number of aromatic nitrogens is 4. The minimum atomic E-state index is -3.48. The van der Waals surface area contributed by atoms with Gasteiger partial charge in [-0.15, -0.1) is 10.2 Å². The topological polar surface area (TPSA) is 101 Å². The van der Waals surface area contributed by atoms with E-state index in [1.165, 1.54) is 0 Å². The maximum absolute atomic E-state index is 12.0. The lowest BCUT2D eigenvalue weighted by atomic mass is 10.2. The average molecular weight is 267 g/mol. The standard InChI is InChI=1S/C10H13N5O2S/c1-8-4-2-3-5-9(8)18(16,17)11-7-6-10-12-14-15-13-10/h2-5,11H,6-7H2,1H3,(H,12,13,14,15). The Morgan fingerprint density at radius 1 is 1.33 bits per heavy atom. The molecule has 0 atom stereocenters. The van der Waals surface area contributed by atoms with E-state index in [1.807, 2.05) is 0 Å². The highest BCUT2D eigenvalue weighted by atomic mass is 32.2. The first kappa shape index (κ1) is 12.7. The average Bonchev–Trinajstić information content (AvgIpc) is 2.82. The molecule has 18 heavy (non-hydrogen) atoms. The van der Waals surface area contributed by atoms with Crippen molar-refractivity contribution in [1.82, 2.24) is 25.3 Å². The van der Waals surface area contributed by atoms with Gasteiger partial charge in [0.15, 0.2) is 5.82 Å². The summed E-state index contributed by atoms with van der Waals surface area (Å²) in [5.74, 6) is 0.475. The van der Waals surface area contributed by atoms with Crippen molar-refractivity contribution in [3.8, 4) is 0 Å². The summed E-state index contributed by atoms with van der Waals surface area (Å²) in [7, 11) is -3.48. The zero-order valence-electron chi connectivity index (χ0n) is 9.79. The van der Waals surface area contributed by atoms with Gasteiger partial charge in [0.2, 0.25) is 10.0 Å². The van der Waals surface area contributed by atoms with Crippen LogP contribution in [0, 0.1) is 6.92 Å². The Morgan fingerprint density at radius 2 is 2.11 bits per heavy atom. The van der Waals surface area contributed by atoms with Gasteiger partial charge in [0.05, 0.1) is 4.90 Å². The van der Waals surface area contributed by atoms with E-state index in [-0.39, 0.29) is 11.4 Å². The number of tetrazole rings is 1. The molecule has 7 nitrogen and oxygen atoms in total. The van der Waals surface area contributed by atoms with Crippen molar-refractivity contribution >= 4 is 10.0 Å². The molecule has 1 aromatic carbocycles. The highest BCUT2D eigenvalue weighted by molar-refractivity contribution is 7.89. The number of aryl methyl sites for hydroxylation is 1. The van der Waals surface area contributed by atoms with Crippen molar-refractivity contribution in [1.29, 1.82) is 0 Å². The van der Waals surface area contributed by atoms with Crippen LogP contribution in [0.2, 0.25) is 0 Å². The highest BCUT2D eigenvalue weighted by Crippen LogP contribution is 2.13. The van der Waals surface area contributed by atoms with Gasteiger partial charge in [-0.3, -0.25) is 0 Å². The van der Waals surface area contributed by atoms with Crippen LogP contribution in [0.3, 0.4) is 0 Å². The summed E-state index contributed by atoms with van der Waals surface area (Å²) in [6.07, 6.45) is 0.390. The zero-order valence-corrected chi connectivity index (χ0v) is 10.6. The lowest BCUT2D eigenvalue weighted by Crippen LogP contribution is -2.26. The molecule has 0 aliphatic heterocycles. The Labute approximate surface area is 105 Å². The largest absolute Gasteiger partial charge is 0.240 e. The van der Waals surface area contributed by atoms with Crippen LogP contribution in [0.1, 0.15) is 11.4 Å². The molecule has 0 bridgehead atoms. The molecule has 0 aliphatic rings. The van der Waals surface area contributed by atoms with Crippen LogP contribution >= 0.6 is 0 Å². The normalized spacial score (nSPS) is 11.6. The second kappa shape index (κ2) is 5.23. The van der Waals surface area contributed by atoms with Crippen molar-refractivity contribution < 1.29 is 8.42 Å². The first-order chi connectivity index (χ1) is 8.59. The molecular weight excluding hydrogens is 254 g/mol. The van der Waals surface area contributed by atoms with Gasteiger partial charge in [0, 0.05) is 13.0 Å². The molecule has 2 N–H and O–H groups in total. The molecule has 0 amide bonds. The first-order valence-corrected chi connectivity index (χ1v) is 6.85. The van der Waals surface area contributed by atoms with Gasteiger partial charge < -0.3 is 0 Å². The van der Waals surface area contributed by atoms with Crippen LogP contribution in [-0.2, 0) is 16.4 Å². The van der Waals surface area contributed by atoms with Crippen LogP contribution in [0.25, 0.3) is 0 Å². The number of aromatic amines is 1. The van der Waals surface area contributed by atoms with Gasteiger partial charge in [-0.2, -0.15) is 5.21 Å². The van der Waals surface area contributed by atoms with Crippen molar-refractivity contribution in [3.63, 3.8) is 0 Å². The molecule has 0 saturated carbocycles. The molecule has 2 aromatic rings. The second-order valence-corrected chi connectivity index (χ2v) is 5.48. The van der Waals surface area contributed by atoms with Crippen molar-refractivity contribution in [2.75, 3.05) is 6.54 Å². The Kier molecular flexibility index (Phi) is 3.68. The molecule has 0 fully saturated rings. The van der Waals surface area contributed by atoms with E-state index in [4.69, 9.17) is 0 Å². The summed E-state index contributed by atoms with van der Waals surface area (Å²) < 4.78 is 26.5. The van der Waals surface area contributed by atoms with Crippen LogP contribution in [0.5, 0.6) is 0 Å². The summed E-state index contributed by atoms with van der Waals surface area (Å²) in [6.45, 7) is 1.99. The minimum absolute atomic E-state index is 0.232. The molecule has 0 aliphatic carbocycles. The quantitative estimate of drug-likeness (QED) is 0.796. The highest BCUT2D eigenvalue weighted by Gasteiger charge is 2.15. The maximum atomic E-state index is 12.0. The van der Waals surface area contributed by atoms with Gasteiger partial charge in [0.1, 0.15) is 0 Å². The number of H-pyrrole nitrogens is 1. The smallest absolute Gasteiger partial charge is 0.211 e. The minimum Gasteiger partial charge on any atom is -0.211 e. The molecule has 1 aromatic heterocycles. The van der Waals surface area contributed by atoms with E-state index in [1.54, 1.807) is 31.2 Å². The molecule has 2 rings (SSSR count). The summed E-state index contributed by atoms with van der Waals surface area (Å²) in [4.78, 5) is 0.290. The Bertz CT molecular complexity index is 609. The third-order valence-electron chi connectivity index (χ3n) is 2.41. The molecule has 8 heteroatoms. The Balaban J connectivity index is 2.02. The lowest BCUT2D eigenvalue weighted by molar-refractivity contribution is 0.580. The zero-order chi connectivity index (χ0) is 13.0. The number of rotatable bonds is 5. The molecular formula is C10H13N5O2S. The molecule has 1 heterocycles. The molecule has 0 unspecified atom stereocenters. The number of benzene rings is 1. The van der Waals surface area contributed by atoms with Crippen molar-refractivity contribution in [2.45, 2.75) is 18.2 Å². The summed E-state index contributed by atoms with van der Waals surface area (Å²) in [5.41, 5.74) is 0.713. The number of hydrogen-bond acceptors (Lipinski definition) is 5.